The predicted octanol–water partition coefficient (Wildman–Crippen LogP) is 16.3. The number of aliphatic hydroxyl groups is 3. The lowest BCUT2D eigenvalue weighted by Gasteiger charge is -2.34. The summed E-state index contributed by atoms with van der Waals surface area (Å²) in [5.41, 5.74) is -2.82. The highest BCUT2D eigenvalue weighted by molar-refractivity contribution is 6.01. The van der Waals surface area contributed by atoms with Crippen LogP contribution in [-0.2, 0) is 14.4 Å². The van der Waals surface area contributed by atoms with Crippen molar-refractivity contribution in [3.8, 4) is 0 Å². The van der Waals surface area contributed by atoms with Gasteiger partial charge in [-0.1, -0.05) is 211 Å². The number of unbranched alkanes of at least 4 members (excludes halogenated alkanes) is 33. The first-order chi connectivity index (χ1) is 30.8. The first-order valence-corrected chi connectivity index (χ1v) is 27.4. The minimum absolute atomic E-state index is 0.00251. The SMILES string of the molecule is CCCCCCCCC=CCCCCCCCC(=O)C(O)C(O)(C(=O)CCCCCCCC=CCCCCCCCC)C(O)C(=O)CCCCCCCC=CCCCCCCCC. The average Bonchev–Trinajstić information content (AvgIpc) is 3.29. The Morgan fingerprint density at radius 2 is 0.540 bits per heavy atom. The van der Waals surface area contributed by atoms with Gasteiger partial charge in [0.25, 0.3) is 0 Å². The van der Waals surface area contributed by atoms with Gasteiger partial charge in [0.2, 0.25) is 0 Å². The summed E-state index contributed by atoms with van der Waals surface area (Å²) in [6.07, 6.45) is 52.9. The van der Waals surface area contributed by atoms with Crippen LogP contribution in [0.5, 0.6) is 0 Å². The fourth-order valence-electron chi connectivity index (χ4n) is 8.52. The van der Waals surface area contributed by atoms with Crippen molar-refractivity contribution in [1.82, 2.24) is 0 Å². The smallest absolute Gasteiger partial charge is 0.189 e. The van der Waals surface area contributed by atoms with Gasteiger partial charge in [0.15, 0.2) is 35.2 Å². The van der Waals surface area contributed by atoms with Gasteiger partial charge < -0.3 is 15.3 Å². The van der Waals surface area contributed by atoms with Gasteiger partial charge in [-0.25, -0.2) is 0 Å². The summed E-state index contributed by atoms with van der Waals surface area (Å²) in [5.74, 6) is -2.17. The zero-order chi connectivity index (χ0) is 46.3. The Morgan fingerprint density at radius 1 is 0.333 bits per heavy atom. The topological polar surface area (TPSA) is 112 Å². The van der Waals surface area contributed by atoms with Crippen LogP contribution >= 0.6 is 0 Å². The van der Waals surface area contributed by atoms with Crippen LogP contribution in [0.3, 0.4) is 0 Å². The summed E-state index contributed by atoms with van der Waals surface area (Å²) in [4.78, 5) is 40.2. The minimum atomic E-state index is -2.82. The number of aliphatic hydroxyl groups excluding tert-OH is 2. The molecule has 63 heavy (non-hydrogen) atoms. The van der Waals surface area contributed by atoms with E-state index in [1.807, 2.05) is 0 Å². The zero-order valence-electron chi connectivity index (χ0n) is 41.9. The van der Waals surface area contributed by atoms with E-state index in [0.29, 0.717) is 19.3 Å². The Bertz CT molecular complexity index is 1070. The van der Waals surface area contributed by atoms with Gasteiger partial charge in [-0.3, -0.25) is 14.4 Å². The third kappa shape index (κ3) is 36.0. The molecule has 6 nitrogen and oxygen atoms in total. The Kier molecular flexibility index (Phi) is 45.2. The lowest BCUT2D eigenvalue weighted by molar-refractivity contribution is -0.181. The Morgan fingerprint density at radius 3 is 0.794 bits per heavy atom. The summed E-state index contributed by atoms with van der Waals surface area (Å²) in [5, 5.41) is 34.2. The normalized spacial score (nSPS) is 14.0. The van der Waals surface area contributed by atoms with Crippen LogP contribution in [0, 0.1) is 0 Å². The highest BCUT2D eigenvalue weighted by Crippen LogP contribution is 2.26. The molecule has 0 saturated heterocycles. The van der Waals surface area contributed by atoms with Gasteiger partial charge in [-0.05, 0) is 96.3 Å². The van der Waals surface area contributed by atoms with Crippen molar-refractivity contribution in [3.05, 3.63) is 36.5 Å². The molecule has 0 aromatic carbocycles. The number of carbonyl (C=O) groups excluding carboxylic acids is 3. The molecular formula is C57H104O6. The number of hydrogen-bond donors (Lipinski definition) is 3. The average molecular weight is 885 g/mol. The number of ketones is 3. The van der Waals surface area contributed by atoms with Crippen molar-refractivity contribution in [2.75, 3.05) is 0 Å². The molecule has 0 aromatic rings. The van der Waals surface area contributed by atoms with E-state index in [9.17, 15) is 29.7 Å². The second-order valence-corrected chi connectivity index (χ2v) is 19.0. The third-order valence-corrected chi connectivity index (χ3v) is 12.9. The maximum absolute atomic E-state index is 13.6. The molecule has 0 fully saturated rings. The van der Waals surface area contributed by atoms with Crippen molar-refractivity contribution in [2.45, 2.75) is 308 Å². The lowest BCUT2D eigenvalue weighted by Crippen LogP contribution is -2.63. The molecule has 2 unspecified atom stereocenters. The molecule has 0 rings (SSSR count). The molecule has 2 atom stereocenters. The molecule has 0 bridgehead atoms. The molecule has 0 aliphatic carbocycles. The van der Waals surface area contributed by atoms with E-state index >= 15 is 0 Å². The van der Waals surface area contributed by atoms with Gasteiger partial charge in [-0.2, -0.15) is 0 Å². The van der Waals surface area contributed by atoms with Crippen LogP contribution in [-0.4, -0.2) is 50.5 Å². The number of rotatable bonds is 50. The van der Waals surface area contributed by atoms with Crippen molar-refractivity contribution in [2.24, 2.45) is 0 Å². The standard InChI is InChI=1S/C57H104O6/c1-4-7-10-13-16-19-22-25-28-31-34-37-40-43-46-49-52(58)55(61)57(63,54(60)51-48-45-42-39-36-33-30-27-24-21-18-15-12-9-6-3)56(62)53(59)50-47-44-41-38-35-32-29-26-23-20-17-14-11-8-5-2/h25-30,55-56,61-63H,4-24,31-51H2,1-3H3. The largest absolute Gasteiger partial charge is 0.382 e. The molecule has 3 N–H and O–H groups in total. The summed E-state index contributed by atoms with van der Waals surface area (Å²) in [7, 11) is 0. The lowest BCUT2D eigenvalue weighted by atomic mass is 9.78. The number of Topliss-reactive ketones (excluding diaryl/α,β-unsaturated/α-hetero) is 3. The van der Waals surface area contributed by atoms with Gasteiger partial charge in [0.1, 0.15) is 0 Å². The molecule has 0 aliphatic rings. The van der Waals surface area contributed by atoms with Gasteiger partial charge in [0, 0.05) is 19.3 Å². The maximum Gasteiger partial charge on any atom is 0.189 e. The highest BCUT2D eigenvalue weighted by atomic mass is 16.4. The highest BCUT2D eigenvalue weighted by Gasteiger charge is 2.53. The van der Waals surface area contributed by atoms with E-state index in [-0.39, 0.29) is 19.3 Å². The molecule has 0 spiro atoms. The molecule has 368 valence electrons. The molecule has 0 amide bonds. The molecule has 0 heterocycles. The molecular weight excluding hydrogens is 781 g/mol. The fraction of sp³-hybridized carbons (Fsp3) is 0.842. The minimum Gasteiger partial charge on any atom is -0.382 e. The molecule has 6 heteroatoms. The van der Waals surface area contributed by atoms with E-state index in [2.05, 4.69) is 57.2 Å². The van der Waals surface area contributed by atoms with Gasteiger partial charge >= 0.3 is 0 Å². The van der Waals surface area contributed by atoms with E-state index < -0.39 is 35.2 Å². The third-order valence-electron chi connectivity index (χ3n) is 12.9. The van der Waals surface area contributed by atoms with Gasteiger partial charge in [-0.15, -0.1) is 0 Å². The Labute approximate surface area is 390 Å². The van der Waals surface area contributed by atoms with E-state index in [0.717, 1.165) is 116 Å². The summed E-state index contributed by atoms with van der Waals surface area (Å²) >= 11 is 0. The Balaban J connectivity index is 4.83. The second kappa shape index (κ2) is 46.6. The number of allylic oxidation sites excluding steroid dienone is 6. The number of carbonyl (C=O) groups is 3. The molecule has 0 saturated carbocycles. The Hall–Kier alpha value is -1.89. The van der Waals surface area contributed by atoms with Gasteiger partial charge in [0.05, 0.1) is 0 Å². The van der Waals surface area contributed by atoms with Crippen LogP contribution in [0.1, 0.15) is 290 Å². The first-order valence-electron chi connectivity index (χ1n) is 27.4. The molecule has 0 aromatic heterocycles. The van der Waals surface area contributed by atoms with E-state index in [1.54, 1.807) is 0 Å². The van der Waals surface area contributed by atoms with Crippen molar-refractivity contribution >= 4 is 17.3 Å². The van der Waals surface area contributed by atoms with Crippen LogP contribution in [0.4, 0.5) is 0 Å². The zero-order valence-corrected chi connectivity index (χ0v) is 41.9. The van der Waals surface area contributed by atoms with Crippen LogP contribution in [0.25, 0.3) is 0 Å². The van der Waals surface area contributed by atoms with Crippen molar-refractivity contribution in [1.29, 1.82) is 0 Å². The fourth-order valence-corrected chi connectivity index (χ4v) is 8.52. The molecule has 0 radical (unpaired) electrons. The van der Waals surface area contributed by atoms with Crippen LogP contribution in [0.15, 0.2) is 36.5 Å². The van der Waals surface area contributed by atoms with Crippen LogP contribution < -0.4 is 0 Å². The quantitative estimate of drug-likeness (QED) is 0.0414. The second-order valence-electron chi connectivity index (χ2n) is 19.0. The summed E-state index contributed by atoms with van der Waals surface area (Å²) in [6.45, 7) is 6.74. The predicted molar refractivity (Wildman–Crippen MR) is 270 cm³/mol. The monoisotopic (exact) mass is 885 g/mol. The van der Waals surface area contributed by atoms with E-state index in [4.69, 9.17) is 0 Å². The van der Waals surface area contributed by atoms with Crippen molar-refractivity contribution in [3.63, 3.8) is 0 Å². The first kappa shape index (κ1) is 61.1. The van der Waals surface area contributed by atoms with E-state index in [1.165, 1.54) is 116 Å². The molecule has 0 aliphatic heterocycles. The maximum atomic E-state index is 13.6. The summed E-state index contributed by atoms with van der Waals surface area (Å²) < 4.78 is 0. The van der Waals surface area contributed by atoms with Crippen molar-refractivity contribution < 1.29 is 29.7 Å². The summed E-state index contributed by atoms with van der Waals surface area (Å²) in [6, 6.07) is 0. The number of hydrogen-bond acceptors (Lipinski definition) is 6. The van der Waals surface area contributed by atoms with Crippen LogP contribution in [0.2, 0.25) is 0 Å².